The predicted molar refractivity (Wildman–Crippen MR) is 217 cm³/mol. The standard InChI is InChI=1S/C47H30BN5/c49-31-32-23-28-43-40(29-32)39-19-8-11-21-42(39)52(43)45-30-46(51-47(50-45)35-26-24-34(25-27-35)33-13-3-1-4-14-33)53-44-22-12-9-18-38(44)37-17-7-10-20-41(37)48(53)36-15-5-2-6-16-36/h1-30H/i24D,25D,26D,27D. The zero-order valence-corrected chi connectivity index (χ0v) is 28.3. The lowest BCUT2D eigenvalue weighted by molar-refractivity contribution is 1.04. The fourth-order valence-electron chi connectivity index (χ4n) is 7.62. The highest BCUT2D eigenvalue weighted by molar-refractivity contribution is 6.90. The van der Waals surface area contributed by atoms with Crippen molar-refractivity contribution >= 4 is 51.1 Å². The first-order chi connectivity index (χ1) is 27.9. The summed E-state index contributed by atoms with van der Waals surface area (Å²) in [6, 6.07) is 52.9. The van der Waals surface area contributed by atoms with Crippen LogP contribution < -0.4 is 15.7 Å². The van der Waals surface area contributed by atoms with Crippen molar-refractivity contribution in [2.24, 2.45) is 0 Å². The molecule has 0 spiro atoms. The average molecular weight is 680 g/mol. The van der Waals surface area contributed by atoms with Crippen LogP contribution in [-0.2, 0) is 0 Å². The number of rotatable bonds is 5. The Morgan fingerprint density at radius 1 is 0.547 bits per heavy atom. The highest BCUT2D eigenvalue weighted by Crippen LogP contribution is 2.41. The molecule has 0 aliphatic carbocycles. The molecular formula is C47H30BN5. The van der Waals surface area contributed by atoms with Gasteiger partial charge in [-0.3, -0.25) is 4.57 Å². The molecule has 0 N–H and O–H groups in total. The number of anilines is 2. The largest absolute Gasteiger partial charge is 0.361 e. The second-order valence-corrected chi connectivity index (χ2v) is 13.0. The molecule has 5 nitrogen and oxygen atoms in total. The third kappa shape index (κ3) is 5.10. The molecule has 0 saturated carbocycles. The summed E-state index contributed by atoms with van der Waals surface area (Å²) in [7, 11) is 0. The third-order valence-corrected chi connectivity index (χ3v) is 9.97. The molecule has 2 aromatic heterocycles. The molecule has 246 valence electrons. The van der Waals surface area contributed by atoms with Crippen LogP contribution >= 0.6 is 0 Å². The number of benzene rings is 7. The van der Waals surface area contributed by atoms with Gasteiger partial charge in [-0.05, 0) is 52.5 Å². The zero-order valence-electron chi connectivity index (χ0n) is 32.3. The Morgan fingerprint density at radius 3 is 2.00 bits per heavy atom. The van der Waals surface area contributed by atoms with Crippen LogP contribution in [-0.4, -0.2) is 21.4 Å². The minimum Gasteiger partial charge on any atom is -0.361 e. The molecule has 0 saturated heterocycles. The summed E-state index contributed by atoms with van der Waals surface area (Å²) in [6.07, 6.45) is 0. The molecule has 1 aliphatic rings. The van der Waals surface area contributed by atoms with E-state index in [9.17, 15) is 10.7 Å². The zero-order chi connectivity index (χ0) is 38.8. The second-order valence-electron chi connectivity index (χ2n) is 13.0. The van der Waals surface area contributed by atoms with E-state index in [4.69, 9.17) is 9.97 Å². The van der Waals surface area contributed by atoms with Crippen LogP contribution in [0, 0.1) is 11.3 Å². The topological polar surface area (TPSA) is 57.7 Å². The molecule has 7 aromatic carbocycles. The van der Waals surface area contributed by atoms with Gasteiger partial charge in [0, 0.05) is 33.7 Å². The number of aromatic nitrogens is 3. The molecular weight excluding hydrogens is 645 g/mol. The lowest BCUT2D eigenvalue weighted by atomic mass is 9.46. The minimum absolute atomic E-state index is 0.00210. The second kappa shape index (κ2) is 12.5. The first-order valence-corrected chi connectivity index (χ1v) is 17.4. The van der Waals surface area contributed by atoms with E-state index in [1.165, 1.54) is 0 Å². The molecule has 0 fully saturated rings. The minimum atomic E-state index is -0.325. The Labute approximate surface area is 313 Å². The molecule has 53 heavy (non-hydrogen) atoms. The quantitative estimate of drug-likeness (QED) is 0.170. The van der Waals surface area contributed by atoms with E-state index < -0.39 is 0 Å². The third-order valence-electron chi connectivity index (χ3n) is 9.97. The monoisotopic (exact) mass is 679 g/mol. The van der Waals surface area contributed by atoms with Crippen LogP contribution in [0.15, 0.2) is 182 Å². The summed E-state index contributed by atoms with van der Waals surface area (Å²) in [6.45, 7) is -0.325. The molecule has 3 heterocycles. The van der Waals surface area contributed by atoms with Gasteiger partial charge >= 0.3 is 6.85 Å². The van der Waals surface area contributed by atoms with Gasteiger partial charge in [0.05, 0.1) is 28.1 Å². The van der Waals surface area contributed by atoms with Crippen molar-refractivity contribution in [3.8, 4) is 45.5 Å². The van der Waals surface area contributed by atoms with Crippen LogP contribution in [0.5, 0.6) is 0 Å². The number of nitriles is 1. The predicted octanol–water partition coefficient (Wildman–Crippen LogP) is 9.70. The molecule has 0 amide bonds. The van der Waals surface area contributed by atoms with Crippen LogP contribution in [0.1, 0.15) is 11.0 Å². The number of nitrogens with zero attached hydrogens (tertiary/aromatic N) is 5. The van der Waals surface area contributed by atoms with Gasteiger partial charge in [0.2, 0.25) is 0 Å². The number of fused-ring (bicyclic) bond motifs is 6. The lowest BCUT2D eigenvalue weighted by Gasteiger charge is -2.38. The maximum Gasteiger partial charge on any atom is 0.330 e. The highest BCUT2D eigenvalue weighted by atomic mass is 15.2. The van der Waals surface area contributed by atoms with E-state index in [1.54, 1.807) is 18.2 Å². The summed E-state index contributed by atoms with van der Waals surface area (Å²) in [4.78, 5) is 12.6. The molecule has 10 rings (SSSR count). The van der Waals surface area contributed by atoms with Crippen molar-refractivity contribution in [3.63, 3.8) is 0 Å². The normalized spacial score (nSPS) is 13.1. The van der Waals surface area contributed by atoms with Gasteiger partial charge in [-0.15, -0.1) is 0 Å². The maximum atomic E-state index is 9.84. The van der Waals surface area contributed by atoms with E-state index in [0.29, 0.717) is 22.8 Å². The molecule has 6 heteroatoms. The molecule has 0 bridgehead atoms. The van der Waals surface area contributed by atoms with Crippen LogP contribution in [0.2, 0.25) is 0 Å². The Bertz CT molecular complexity index is 3080. The van der Waals surface area contributed by atoms with E-state index >= 15 is 0 Å². The van der Waals surface area contributed by atoms with Gasteiger partial charge in [0.15, 0.2) is 5.82 Å². The molecule has 1 aliphatic heterocycles. The van der Waals surface area contributed by atoms with Crippen molar-refractivity contribution in [1.82, 2.24) is 14.5 Å². The van der Waals surface area contributed by atoms with Crippen LogP contribution in [0.3, 0.4) is 0 Å². The Kier molecular flexibility index (Phi) is 6.28. The van der Waals surface area contributed by atoms with Crippen molar-refractivity contribution in [2.75, 3.05) is 4.81 Å². The van der Waals surface area contributed by atoms with E-state index in [2.05, 4.69) is 53.3 Å². The van der Waals surface area contributed by atoms with Gasteiger partial charge in [0.25, 0.3) is 0 Å². The average Bonchev–Trinajstić information content (AvgIpc) is 3.59. The molecule has 0 radical (unpaired) electrons. The fourth-order valence-corrected chi connectivity index (χ4v) is 7.62. The Hall–Kier alpha value is -7.23. The Balaban J connectivity index is 1.31. The summed E-state index contributed by atoms with van der Waals surface area (Å²) >= 11 is 0. The summed E-state index contributed by atoms with van der Waals surface area (Å²) in [5.74, 6) is 1.04. The summed E-state index contributed by atoms with van der Waals surface area (Å²) in [5, 5.41) is 11.7. The Morgan fingerprint density at radius 2 is 1.19 bits per heavy atom. The van der Waals surface area contributed by atoms with Gasteiger partial charge in [-0.1, -0.05) is 151 Å². The van der Waals surface area contributed by atoms with Crippen molar-refractivity contribution in [1.29, 1.82) is 5.26 Å². The number of hydrogen-bond donors (Lipinski definition) is 0. The number of hydrogen-bond acceptors (Lipinski definition) is 4. The fraction of sp³-hybridized carbons (Fsp3) is 0. The van der Waals surface area contributed by atoms with Crippen molar-refractivity contribution < 1.29 is 5.48 Å². The van der Waals surface area contributed by atoms with Crippen LogP contribution in [0.25, 0.3) is 61.3 Å². The lowest BCUT2D eigenvalue weighted by Crippen LogP contribution is -2.57. The first-order valence-electron chi connectivity index (χ1n) is 19.4. The van der Waals surface area contributed by atoms with Gasteiger partial charge in [0.1, 0.15) is 11.6 Å². The smallest absolute Gasteiger partial charge is 0.330 e. The molecule has 9 aromatic rings. The van der Waals surface area contributed by atoms with Crippen LogP contribution in [0.4, 0.5) is 11.5 Å². The van der Waals surface area contributed by atoms with Gasteiger partial charge in [-0.2, -0.15) is 5.26 Å². The number of para-hydroxylation sites is 2. The van der Waals surface area contributed by atoms with E-state index in [0.717, 1.165) is 49.5 Å². The highest BCUT2D eigenvalue weighted by Gasteiger charge is 2.38. The molecule has 0 unspecified atom stereocenters. The first kappa shape index (κ1) is 26.6. The van der Waals surface area contributed by atoms with Crippen molar-refractivity contribution in [3.05, 3.63) is 187 Å². The van der Waals surface area contributed by atoms with Gasteiger partial charge in [-0.25, -0.2) is 9.97 Å². The summed E-state index contributed by atoms with van der Waals surface area (Å²) in [5.41, 5.74) is 8.18. The molecule has 0 atom stereocenters. The maximum absolute atomic E-state index is 9.84. The SMILES string of the molecule is [2H]c1c([2H])c(-c2nc(N3B(c4ccccc4)c4ccccc4-c4ccccc43)cc(-n3c4ccccc4c4cc(C#N)ccc43)n2)c([2H])c([2H])c1-c1ccccc1. The van der Waals surface area contributed by atoms with Crippen molar-refractivity contribution in [2.45, 2.75) is 0 Å². The summed E-state index contributed by atoms with van der Waals surface area (Å²) < 4.78 is 39.2. The van der Waals surface area contributed by atoms with Gasteiger partial charge < -0.3 is 4.81 Å². The van der Waals surface area contributed by atoms with E-state index in [-0.39, 0.29) is 48.0 Å². The van der Waals surface area contributed by atoms with E-state index in [1.807, 2.05) is 102 Å².